The number of methoxy groups -OCH3 is 2. The van der Waals surface area contributed by atoms with Crippen LogP contribution >= 0.6 is 23.1 Å². The van der Waals surface area contributed by atoms with Gasteiger partial charge in [-0.05, 0) is 12.1 Å². The minimum Gasteiger partial charge on any atom is -0.496 e. The Kier molecular flexibility index (Phi) is 5.37. The van der Waals surface area contributed by atoms with Gasteiger partial charge in [0.15, 0.2) is 9.35 Å². The molecule has 0 unspecified atom stereocenters. The monoisotopic (exact) mass is 310 g/mol. The molecule has 0 aliphatic carbocycles. The molecule has 0 atom stereocenters. The average molecular weight is 310 g/mol. The maximum absolute atomic E-state index is 11.0. The van der Waals surface area contributed by atoms with E-state index >= 15 is 0 Å². The van der Waals surface area contributed by atoms with Gasteiger partial charge in [-0.3, -0.25) is 4.79 Å². The first-order chi connectivity index (χ1) is 9.74. The number of rotatable bonds is 6. The number of aromatic nitrogens is 2. The molecule has 0 N–H and O–H groups in total. The zero-order chi connectivity index (χ0) is 14.4. The molecule has 0 aliphatic rings. The van der Waals surface area contributed by atoms with Gasteiger partial charge in [-0.15, -0.1) is 10.2 Å². The summed E-state index contributed by atoms with van der Waals surface area (Å²) in [5.74, 6) is 1.19. The molecule has 0 radical (unpaired) electrons. The molecular formula is C13H14N2O3S2. The van der Waals surface area contributed by atoms with Crippen molar-refractivity contribution < 1.29 is 14.3 Å². The number of carbonyl (C=O) groups excluding carboxylic acids is 1. The van der Waals surface area contributed by atoms with Gasteiger partial charge in [-0.25, -0.2) is 0 Å². The molecule has 0 spiro atoms. The van der Waals surface area contributed by atoms with E-state index in [4.69, 9.17) is 4.74 Å². The van der Waals surface area contributed by atoms with Crippen molar-refractivity contribution in [2.75, 3.05) is 20.0 Å². The number of carbonyl (C=O) groups is 1. The lowest BCUT2D eigenvalue weighted by atomic mass is 10.2. The van der Waals surface area contributed by atoms with E-state index in [1.807, 2.05) is 24.3 Å². The molecule has 0 saturated carbocycles. The molecule has 5 nitrogen and oxygen atoms in total. The summed E-state index contributed by atoms with van der Waals surface area (Å²) in [7, 11) is 3.02. The third-order valence-corrected chi connectivity index (χ3v) is 4.59. The van der Waals surface area contributed by atoms with Gasteiger partial charge in [0, 0.05) is 5.75 Å². The Hall–Kier alpha value is -1.60. The Bertz CT molecular complexity index is 587. The summed E-state index contributed by atoms with van der Waals surface area (Å²) >= 11 is 2.98. The lowest BCUT2D eigenvalue weighted by molar-refractivity contribution is -0.140. The quantitative estimate of drug-likeness (QED) is 0.604. The summed E-state index contributed by atoms with van der Waals surface area (Å²) in [5.41, 5.74) is 0.923. The fraction of sp³-hybridized carbons (Fsp3) is 0.308. The van der Waals surface area contributed by atoms with Crippen LogP contribution in [0, 0.1) is 0 Å². The van der Waals surface area contributed by atoms with Crippen molar-refractivity contribution in [2.24, 2.45) is 0 Å². The van der Waals surface area contributed by atoms with Crippen LogP contribution < -0.4 is 4.74 Å². The SMILES string of the molecule is COC(=O)CCSc1nnc(-c2ccccc2OC)s1. The number of benzene rings is 1. The molecule has 2 rings (SSSR count). The minimum atomic E-state index is -0.216. The molecule has 20 heavy (non-hydrogen) atoms. The fourth-order valence-electron chi connectivity index (χ4n) is 1.52. The Morgan fingerprint density at radius 1 is 1.30 bits per heavy atom. The molecule has 0 bridgehead atoms. The number of thioether (sulfide) groups is 1. The van der Waals surface area contributed by atoms with Crippen LogP contribution in [0.15, 0.2) is 28.6 Å². The van der Waals surface area contributed by atoms with E-state index in [0.29, 0.717) is 12.2 Å². The molecule has 1 aromatic heterocycles. The number of nitrogens with zero attached hydrogens (tertiary/aromatic N) is 2. The van der Waals surface area contributed by atoms with E-state index in [2.05, 4.69) is 14.9 Å². The molecule has 7 heteroatoms. The lowest BCUT2D eigenvalue weighted by Crippen LogP contribution is -2.00. The molecule has 0 saturated heterocycles. The number of hydrogen-bond donors (Lipinski definition) is 0. The highest BCUT2D eigenvalue weighted by Gasteiger charge is 2.11. The van der Waals surface area contributed by atoms with Crippen molar-refractivity contribution in [1.82, 2.24) is 10.2 Å². The first-order valence-corrected chi connectivity index (χ1v) is 7.71. The van der Waals surface area contributed by atoms with E-state index in [0.717, 1.165) is 20.7 Å². The van der Waals surface area contributed by atoms with E-state index < -0.39 is 0 Å². The van der Waals surface area contributed by atoms with Gasteiger partial charge in [0.25, 0.3) is 0 Å². The van der Waals surface area contributed by atoms with Crippen LogP contribution in [0.4, 0.5) is 0 Å². The summed E-state index contributed by atoms with van der Waals surface area (Å²) in [4.78, 5) is 11.0. The van der Waals surface area contributed by atoms with E-state index in [1.54, 1.807) is 7.11 Å². The summed E-state index contributed by atoms with van der Waals surface area (Å²) in [6.07, 6.45) is 0.366. The second-order valence-electron chi connectivity index (χ2n) is 3.75. The lowest BCUT2D eigenvalue weighted by Gasteiger charge is -2.03. The predicted molar refractivity (Wildman–Crippen MR) is 79.3 cm³/mol. The van der Waals surface area contributed by atoms with E-state index in [-0.39, 0.29) is 5.97 Å². The van der Waals surface area contributed by atoms with E-state index in [9.17, 15) is 4.79 Å². The zero-order valence-corrected chi connectivity index (χ0v) is 12.8. The topological polar surface area (TPSA) is 61.3 Å². The number of esters is 1. The van der Waals surface area contributed by atoms with Gasteiger partial charge < -0.3 is 9.47 Å². The molecule has 1 aromatic carbocycles. The molecular weight excluding hydrogens is 296 g/mol. The van der Waals surface area contributed by atoms with Crippen LogP contribution in [0.25, 0.3) is 10.6 Å². The Morgan fingerprint density at radius 2 is 2.10 bits per heavy atom. The van der Waals surface area contributed by atoms with Crippen LogP contribution in [-0.4, -0.2) is 36.1 Å². The maximum Gasteiger partial charge on any atom is 0.306 e. The maximum atomic E-state index is 11.0. The Labute approximate surface area is 125 Å². The highest BCUT2D eigenvalue weighted by Crippen LogP contribution is 2.34. The molecule has 0 amide bonds. The predicted octanol–water partition coefficient (Wildman–Crippen LogP) is 2.87. The van der Waals surface area contributed by atoms with E-state index in [1.165, 1.54) is 30.2 Å². The number of para-hydroxylation sites is 1. The van der Waals surface area contributed by atoms with Crippen molar-refractivity contribution in [3.63, 3.8) is 0 Å². The molecule has 2 aromatic rings. The zero-order valence-electron chi connectivity index (χ0n) is 11.2. The van der Waals surface area contributed by atoms with Gasteiger partial charge in [0.2, 0.25) is 0 Å². The third-order valence-electron chi connectivity index (χ3n) is 2.50. The molecule has 0 fully saturated rings. The fourth-order valence-corrected chi connectivity index (χ4v) is 3.39. The van der Waals surface area contributed by atoms with Gasteiger partial charge in [0.1, 0.15) is 5.75 Å². The van der Waals surface area contributed by atoms with Gasteiger partial charge in [-0.1, -0.05) is 35.2 Å². The summed E-state index contributed by atoms with van der Waals surface area (Å²) in [5, 5.41) is 9.09. The Balaban J connectivity index is 2.03. The van der Waals surface area contributed by atoms with Crippen molar-refractivity contribution in [2.45, 2.75) is 10.8 Å². The average Bonchev–Trinajstić information content (AvgIpc) is 2.95. The van der Waals surface area contributed by atoms with Gasteiger partial charge in [0.05, 0.1) is 26.2 Å². The molecule has 106 valence electrons. The largest absolute Gasteiger partial charge is 0.496 e. The second kappa shape index (κ2) is 7.25. The Morgan fingerprint density at radius 3 is 2.85 bits per heavy atom. The van der Waals surface area contributed by atoms with Crippen LogP contribution in [-0.2, 0) is 9.53 Å². The van der Waals surface area contributed by atoms with Gasteiger partial charge >= 0.3 is 5.97 Å². The minimum absolute atomic E-state index is 0.216. The summed E-state index contributed by atoms with van der Waals surface area (Å²) in [6, 6.07) is 7.68. The van der Waals surface area contributed by atoms with Crippen LogP contribution in [0.5, 0.6) is 5.75 Å². The van der Waals surface area contributed by atoms with Crippen molar-refractivity contribution in [3.8, 4) is 16.3 Å². The normalized spacial score (nSPS) is 10.3. The first-order valence-electron chi connectivity index (χ1n) is 5.91. The molecule has 1 heterocycles. The van der Waals surface area contributed by atoms with Crippen molar-refractivity contribution in [3.05, 3.63) is 24.3 Å². The van der Waals surface area contributed by atoms with Gasteiger partial charge in [-0.2, -0.15) is 0 Å². The van der Waals surface area contributed by atoms with Crippen LogP contribution in [0.3, 0.4) is 0 Å². The van der Waals surface area contributed by atoms with Crippen LogP contribution in [0.1, 0.15) is 6.42 Å². The van der Waals surface area contributed by atoms with Crippen molar-refractivity contribution >= 4 is 29.1 Å². The highest BCUT2D eigenvalue weighted by molar-refractivity contribution is 8.01. The summed E-state index contributed by atoms with van der Waals surface area (Å²) in [6.45, 7) is 0. The van der Waals surface area contributed by atoms with Crippen LogP contribution in [0.2, 0.25) is 0 Å². The number of ether oxygens (including phenoxy) is 2. The standard InChI is InChI=1S/C13H14N2O3S2/c1-17-10-6-4-3-5-9(10)12-14-15-13(20-12)19-8-7-11(16)18-2/h3-6H,7-8H2,1-2H3. The second-order valence-corrected chi connectivity index (χ2v) is 6.07. The molecule has 0 aliphatic heterocycles. The smallest absolute Gasteiger partial charge is 0.306 e. The first kappa shape index (κ1) is 14.8. The highest BCUT2D eigenvalue weighted by atomic mass is 32.2. The van der Waals surface area contributed by atoms with Crippen molar-refractivity contribution in [1.29, 1.82) is 0 Å². The third kappa shape index (κ3) is 3.71. The number of hydrogen-bond acceptors (Lipinski definition) is 7. The summed E-state index contributed by atoms with van der Waals surface area (Å²) < 4.78 is 10.7.